The second-order valence-electron chi connectivity index (χ2n) is 13.4. The molecule has 2 fully saturated rings. The molecular weight excluding hydrogens is 659 g/mol. The minimum atomic E-state index is -0.502. The van der Waals surface area contributed by atoms with Gasteiger partial charge in [-0.15, -0.1) is 0 Å². The van der Waals surface area contributed by atoms with Crippen LogP contribution < -0.4 is 4.90 Å². The van der Waals surface area contributed by atoms with E-state index in [-0.39, 0.29) is 42.5 Å². The number of hydrogen-bond donors (Lipinski definition) is 4. The van der Waals surface area contributed by atoms with E-state index in [2.05, 4.69) is 12.1 Å². The number of aromatic hydroxyl groups is 1. The third-order valence-electron chi connectivity index (χ3n) is 9.77. The number of nitrogens with zero attached hydrogens (tertiary/aromatic N) is 2. The molecule has 270 valence electrons. The van der Waals surface area contributed by atoms with E-state index in [0.29, 0.717) is 31.4 Å². The largest absolute Gasteiger partial charge is 0.508 e. The maximum absolute atomic E-state index is 13.2. The zero-order valence-corrected chi connectivity index (χ0v) is 29.3. The highest BCUT2D eigenvalue weighted by Crippen LogP contribution is 2.40. The van der Waals surface area contributed by atoms with E-state index in [1.165, 1.54) is 12.1 Å². The first-order chi connectivity index (χ1) is 25.1. The third kappa shape index (κ3) is 8.35. The van der Waals surface area contributed by atoms with Gasteiger partial charge in [-0.2, -0.15) is 0 Å². The summed E-state index contributed by atoms with van der Waals surface area (Å²) >= 11 is 0. The fourth-order valence-electron chi connectivity index (χ4n) is 6.85. The lowest BCUT2D eigenvalue weighted by atomic mass is 9.94. The summed E-state index contributed by atoms with van der Waals surface area (Å²) in [6.45, 7) is 2.23. The molecule has 0 spiro atoms. The van der Waals surface area contributed by atoms with E-state index in [1.807, 2.05) is 85.8 Å². The molecule has 5 atom stereocenters. The van der Waals surface area contributed by atoms with Gasteiger partial charge in [-0.3, -0.25) is 4.90 Å². The zero-order chi connectivity index (χ0) is 36.8. The van der Waals surface area contributed by atoms with Crippen molar-refractivity contribution < 1.29 is 34.3 Å². The van der Waals surface area contributed by atoms with Crippen LogP contribution in [0.15, 0.2) is 121 Å². The number of anilines is 1. The van der Waals surface area contributed by atoms with Gasteiger partial charge in [0, 0.05) is 37.7 Å². The SMILES string of the molecule is CCC(O)c1ccc(F)cc1.CN1CC(c2ccc(-c3ccc(C4CC(O)CC(CO)O4)cc3)cc2O)N(c2ccc(-c3ccccc3)cc2)C1=O. The van der Waals surface area contributed by atoms with Gasteiger partial charge in [-0.25, -0.2) is 9.18 Å². The molecule has 8 nitrogen and oxygen atoms in total. The van der Waals surface area contributed by atoms with Crippen molar-refractivity contribution in [1.29, 1.82) is 0 Å². The van der Waals surface area contributed by atoms with Gasteiger partial charge in [0.1, 0.15) is 11.6 Å². The summed E-state index contributed by atoms with van der Waals surface area (Å²) in [5, 5.41) is 40.1. The quantitative estimate of drug-likeness (QED) is 0.130. The van der Waals surface area contributed by atoms with Crippen LogP contribution in [0.1, 0.15) is 61.1 Å². The van der Waals surface area contributed by atoms with Crippen LogP contribution in [0.2, 0.25) is 0 Å². The molecule has 52 heavy (non-hydrogen) atoms. The molecule has 5 unspecified atom stereocenters. The fraction of sp³-hybridized carbons (Fsp3) is 0.279. The van der Waals surface area contributed by atoms with Gasteiger partial charge in [0.05, 0.1) is 37.1 Å². The van der Waals surface area contributed by atoms with Gasteiger partial charge in [-0.1, -0.05) is 97.9 Å². The van der Waals surface area contributed by atoms with Crippen molar-refractivity contribution in [2.75, 3.05) is 25.1 Å². The molecule has 7 rings (SSSR count). The number of halogens is 1. The Hall–Kier alpha value is -5.06. The Bertz CT molecular complexity index is 1920. The van der Waals surface area contributed by atoms with E-state index in [9.17, 15) is 29.6 Å². The fourth-order valence-corrected chi connectivity index (χ4v) is 6.85. The number of benzene rings is 5. The van der Waals surface area contributed by atoms with Crippen molar-refractivity contribution in [1.82, 2.24) is 4.90 Å². The Labute approximate surface area is 304 Å². The molecule has 4 N–H and O–H groups in total. The van der Waals surface area contributed by atoms with Crippen LogP contribution in [0.5, 0.6) is 5.75 Å². The van der Waals surface area contributed by atoms with Gasteiger partial charge in [0.2, 0.25) is 0 Å². The second kappa shape index (κ2) is 16.5. The van der Waals surface area contributed by atoms with E-state index in [0.717, 1.165) is 39.1 Å². The standard InChI is InChI=1S/C34H34N2O5.C9H11FO/c1-35-20-31(36(34(35)40)27-14-11-23(12-15-27)22-5-3-2-4-6-22)30-16-13-26(17-32(30)39)24-7-9-25(10-8-24)33-19-28(38)18-29(21-37)41-33;1-2-9(11)7-3-5-8(10)6-4-7/h2-17,28-29,31,33,37-39H,18-21H2,1H3;3-6,9,11H,2H2,1H3. The van der Waals surface area contributed by atoms with Crippen LogP contribution >= 0.6 is 0 Å². The molecule has 0 aliphatic carbocycles. The summed E-state index contributed by atoms with van der Waals surface area (Å²) in [4.78, 5) is 16.6. The number of carbonyl (C=O) groups is 1. The van der Waals surface area contributed by atoms with Crippen LogP contribution in [0, 0.1) is 5.82 Å². The Morgan fingerprint density at radius 1 is 0.827 bits per heavy atom. The highest BCUT2D eigenvalue weighted by atomic mass is 19.1. The van der Waals surface area contributed by atoms with Crippen LogP contribution in [-0.2, 0) is 4.74 Å². The maximum Gasteiger partial charge on any atom is 0.324 e. The van der Waals surface area contributed by atoms with Gasteiger partial charge in [-0.05, 0) is 70.1 Å². The van der Waals surface area contributed by atoms with Crippen molar-refractivity contribution in [2.24, 2.45) is 0 Å². The molecular formula is C43H45FN2O6. The van der Waals surface area contributed by atoms with Crippen molar-refractivity contribution in [3.63, 3.8) is 0 Å². The average Bonchev–Trinajstić information content (AvgIpc) is 3.47. The van der Waals surface area contributed by atoms with Crippen molar-refractivity contribution in [3.05, 3.63) is 144 Å². The number of rotatable bonds is 8. The molecule has 2 saturated heterocycles. The van der Waals surface area contributed by atoms with Crippen LogP contribution in [0.25, 0.3) is 22.3 Å². The number of hydrogen-bond acceptors (Lipinski definition) is 6. The number of likely N-dealkylation sites (N-methyl/N-ethyl adjacent to an activating group) is 1. The number of urea groups is 1. The molecule has 2 heterocycles. The second-order valence-corrected chi connectivity index (χ2v) is 13.4. The van der Waals surface area contributed by atoms with Gasteiger partial charge in [0.15, 0.2) is 0 Å². The molecule has 0 aromatic heterocycles. The Morgan fingerprint density at radius 2 is 1.44 bits per heavy atom. The molecule has 5 aromatic carbocycles. The molecule has 0 radical (unpaired) electrons. The van der Waals surface area contributed by atoms with E-state index in [1.54, 1.807) is 35.0 Å². The van der Waals surface area contributed by atoms with Crippen molar-refractivity contribution in [2.45, 2.75) is 56.6 Å². The van der Waals surface area contributed by atoms with Crippen LogP contribution in [0.4, 0.5) is 14.9 Å². The van der Waals surface area contributed by atoms with E-state index in [4.69, 9.17) is 4.74 Å². The van der Waals surface area contributed by atoms with E-state index >= 15 is 0 Å². The number of phenols is 1. The normalized spacial score (nSPS) is 20.7. The average molecular weight is 705 g/mol. The lowest BCUT2D eigenvalue weighted by Gasteiger charge is -2.32. The predicted octanol–water partition coefficient (Wildman–Crippen LogP) is 8.18. The van der Waals surface area contributed by atoms with Crippen molar-refractivity contribution >= 4 is 11.7 Å². The van der Waals surface area contributed by atoms with Gasteiger partial charge >= 0.3 is 6.03 Å². The van der Waals surface area contributed by atoms with Crippen LogP contribution in [0.3, 0.4) is 0 Å². The molecule has 0 saturated carbocycles. The summed E-state index contributed by atoms with van der Waals surface area (Å²) in [5.74, 6) is -0.132. The van der Waals surface area contributed by atoms with Gasteiger partial charge < -0.3 is 30.1 Å². The first kappa shape index (κ1) is 36.7. The summed E-state index contributed by atoms with van der Waals surface area (Å²) < 4.78 is 18.3. The minimum Gasteiger partial charge on any atom is -0.508 e. The molecule has 2 aliphatic heterocycles. The number of ether oxygens (including phenoxy) is 1. The lowest BCUT2D eigenvalue weighted by Crippen LogP contribution is -2.33. The van der Waals surface area contributed by atoms with Gasteiger partial charge in [0.25, 0.3) is 0 Å². The molecule has 5 aromatic rings. The third-order valence-corrected chi connectivity index (χ3v) is 9.77. The molecule has 2 aliphatic rings. The minimum absolute atomic E-state index is 0.111. The smallest absolute Gasteiger partial charge is 0.324 e. The maximum atomic E-state index is 13.2. The number of aliphatic hydroxyl groups excluding tert-OH is 3. The monoisotopic (exact) mass is 704 g/mol. The van der Waals surface area contributed by atoms with Crippen molar-refractivity contribution in [3.8, 4) is 28.0 Å². The topological polar surface area (TPSA) is 114 Å². The number of carbonyl (C=O) groups excluding carboxylic acids is 1. The number of aliphatic hydroxyl groups is 3. The van der Waals surface area contributed by atoms with E-state index < -0.39 is 12.2 Å². The first-order valence-corrected chi connectivity index (χ1v) is 17.7. The predicted molar refractivity (Wildman–Crippen MR) is 200 cm³/mol. The number of amides is 2. The molecule has 2 amide bonds. The summed E-state index contributed by atoms with van der Waals surface area (Å²) in [7, 11) is 1.78. The first-order valence-electron chi connectivity index (χ1n) is 17.7. The molecule has 0 bridgehead atoms. The summed E-state index contributed by atoms with van der Waals surface area (Å²) in [6.07, 6.45) is -0.0123. The Kier molecular flexibility index (Phi) is 11.7. The Balaban J connectivity index is 0.000000362. The highest BCUT2D eigenvalue weighted by Gasteiger charge is 2.38. The van der Waals surface area contributed by atoms with Crippen LogP contribution in [-0.4, -0.2) is 63.8 Å². The summed E-state index contributed by atoms with van der Waals surface area (Å²) in [6, 6.07) is 37.0. The summed E-state index contributed by atoms with van der Waals surface area (Å²) in [5.41, 5.74) is 7.15. The molecule has 9 heteroatoms. The highest BCUT2D eigenvalue weighted by molar-refractivity contribution is 5.95. The zero-order valence-electron chi connectivity index (χ0n) is 29.3. The Morgan fingerprint density at radius 3 is 2.08 bits per heavy atom. The lowest BCUT2D eigenvalue weighted by molar-refractivity contribution is -0.113. The number of phenolic OH excluding ortho intramolecular Hbond substituents is 1.